The summed E-state index contributed by atoms with van der Waals surface area (Å²) in [5.41, 5.74) is 0. The van der Waals surface area contributed by atoms with Crippen LogP contribution in [0.15, 0.2) is 97.2 Å². The third-order valence-electron chi connectivity index (χ3n) is 11.4. The van der Waals surface area contributed by atoms with E-state index in [1.807, 2.05) is 36.5 Å². The van der Waals surface area contributed by atoms with Gasteiger partial charge in [0.25, 0.3) is 0 Å². The average molecular weight is 917 g/mol. The molecule has 0 bridgehead atoms. The minimum Gasteiger partial charge on any atom is -0.462 e. The highest BCUT2D eigenvalue weighted by atomic mass is 16.6. The molecule has 0 aliphatic heterocycles. The molecule has 0 aromatic heterocycles. The summed E-state index contributed by atoms with van der Waals surface area (Å²) >= 11 is 0. The van der Waals surface area contributed by atoms with Crippen LogP contribution in [0.2, 0.25) is 0 Å². The van der Waals surface area contributed by atoms with Crippen LogP contribution in [0.3, 0.4) is 0 Å². The van der Waals surface area contributed by atoms with Crippen LogP contribution in [0.5, 0.6) is 0 Å². The van der Waals surface area contributed by atoms with Gasteiger partial charge >= 0.3 is 17.9 Å². The lowest BCUT2D eigenvalue weighted by atomic mass is 10.0. The van der Waals surface area contributed by atoms with Gasteiger partial charge in [-0.25, -0.2) is 0 Å². The molecule has 0 saturated heterocycles. The Morgan fingerprint density at radius 1 is 0.333 bits per heavy atom. The molecule has 0 aromatic rings. The minimum atomic E-state index is -0.799. The van der Waals surface area contributed by atoms with Crippen molar-refractivity contribution in [3.63, 3.8) is 0 Å². The fourth-order valence-corrected chi connectivity index (χ4v) is 7.39. The number of hydrogen-bond donors (Lipinski definition) is 0. The second-order valence-corrected chi connectivity index (χ2v) is 17.8. The average Bonchev–Trinajstić information content (AvgIpc) is 3.31. The Labute approximate surface area is 407 Å². The molecule has 0 aliphatic rings. The van der Waals surface area contributed by atoms with E-state index in [1.165, 1.54) is 96.3 Å². The Kier molecular flexibility index (Phi) is 50.9. The van der Waals surface area contributed by atoms with Crippen molar-refractivity contribution in [2.75, 3.05) is 13.2 Å². The number of hydrogen-bond acceptors (Lipinski definition) is 6. The Balaban J connectivity index is 4.44. The maximum atomic E-state index is 12.8. The standard InChI is InChI=1S/C60H100O6/c1-4-7-10-13-16-19-22-25-27-29-30-31-33-35-38-41-44-47-50-53-59(62)65-56-57(55-64-58(61)52-49-46-43-40-37-34-24-21-18-15-12-9-6-3)66-60(63)54-51-48-45-42-39-36-32-28-26-23-20-17-14-11-8-5-2/h7,9-10,12,15-16,18-19,21,24-25,27,30-31,34,37,57H,4-6,8,11,13-14,17,20,22-23,26,28-29,32-33,35-36,38-56H2,1-3H3/b10-7-,12-9-,18-15-,19-16-,24-21-,27-25-,31-30-,37-34-. The first kappa shape index (κ1) is 62.3. The number of ether oxygens (including phenoxy) is 3. The van der Waals surface area contributed by atoms with Crippen molar-refractivity contribution >= 4 is 17.9 Å². The van der Waals surface area contributed by atoms with Crippen LogP contribution < -0.4 is 0 Å². The molecule has 0 radical (unpaired) electrons. The van der Waals surface area contributed by atoms with Gasteiger partial charge in [0.05, 0.1) is 0 Å². The summed E-state index contributed by atoms with van der Waals surface area (Å²) in [4.78, 5) is 38.1. The maximum absolute atomic E-state index is 12.8. The van der Waals surface area contributed by atoms with Gasteiger partial charge in [-0.15, -0.1) is 0 Å². The smallest absolute Gasteiger partial charge is 0.306 e. The van der Waals surface area contributed by atoms with Crippen LogP contribution in [-0.4, -0.2) is 37.2 Å². The summed E-state index contributed by atoms with van der Waals surface area (Å²) < 4.78 is 16.8. The van der Waals surface area contributed by atoms with E-state index in [-0.39, 0.29) is 31.1 Å². The van der Waals surface area contributed by atoms with Gasteiger partial charge in [0.1, 0.15) is 13.2 Å². The molecule has 0 amide bonds. The number of carbonyl (C=O) groups is 3. The Morgan fingerprint density at radius 3 is 1.12 bits per heavy atom. The van der Waals surface area contributed by atoms with E-state index in [1.54, 1.807) is 0 Å². The molecule has 6 nitrogen and oxygen atoms in total. The molecule has 0 fully saturated rings. The van der Waals surface area contributed by atoms with Crippen molar-refractivity contribution in [1.82, 2.24) is 0 Å². The molecular formula is C60H100O6. The Hall–Kier alpha value is -3.67. The Morgan fingerprint density at radius 2 is 0.667 bits per heavy atom. The molecule has 0 rings (SSSR count). The molecular weight excluding hydrogens is 817 g/mol. The number of carbonyl (C=O) groups excluding carboxylic acids is 3. The molecule has 66 heavy (non-hydrogen) atoms. The van der Waals surface area contributed by atoms with Gasteiger partial charge < -0.3 is 14.2 Å². The highest BCUT2D eigenvalue weighted by Gasteiger charge is 2.19. The summed E-state index contributed by atoms with van der Waals surface area (Å²) in [5.74, 6) is -0.947. The van der Waals surface area contributed by atoms with Gasteiger partial charge in [-0.2, -0.15) is 0 Å². The van der Waals surface area contributed by atoms with Gasteiger partial charge in [0.15, 0.2) is 6.10 Å². The highest BCUT2D eigenvalue weighted by molar-refractivity contribution is 5.71. The minimum absolute atomic E-state index is 0.0971. The largest absolute Gasteiger partial charge is 0.462 e. The zero-order valence-corrected chi connectivity index (χ0v) is 42.9. The number of esters is 3. The van der Waals surface area contributed by atoms with E-state index in [2.05, 4.69) is 81.5 Å². The first-order valence-electron chi connectivity index (χ1n) is 27.3. The summed E-state index contributed by atoms with van der Waals surface area (Å²) in [7, 11) is 0. The normalized spacial score (nSPS) is 12.8. The quantitative estimate of drug-likeness (QED) is 0.0199. The molecule has 0 aliphatic carbocycles. The second-order valence-electron chi connectivity index (χ2n) is 17.8. The van der Waals surface area contributed by atoms with E-state index in [0.29, 0.717) is 19.3 Å². The van der Waals surface area contributed by atoms with Crippen LogP contribution >= 0.6 is 0 Å². The Bertz CT molecular complexity index is 1330. The van der Waals surface area contributed by atoms with Crippen LogP contribution in [0.4, 0.5) is 0 Å². The second kappa shape index (κ2) is 53.9. The van der Waals surface area contributed by atoms with Crippen LogP contribution in [0.25, 0.3) is 0 Å². The van der Waals surface area contributed by atoms with Crippen molar-refractivity contribution in [1.29, 1.82) is 0 Å². The number of allylic oxidation sites excluding steroid dienone is 16. The van der Waals surface area contributed by atoms with Gasteiger partial charge in [-0.1, -0.05) is 246 Å². The molecule has 6 heteroatoms. The van der Waals surface area contributed by atoms with E-state index in [4.69, 9.17) is 14.2 Å². The topological polar surface area (TPSA) is 78.9 Å². The monoisotopic (exact) mass is 917 g/mol. The fraction of sp³-hybridized carbons (Fsp3) is 0.683. The third-order valence-corrected chi connectivity index (χ3v) is 11.4. The zero-order valence-electron chi connectivity index (χ0n) is 42.9. The SMILES string of the molecule is CC\C=C/C=C\C=C/C=C\CCCCCC(=O)OCC(COC(=O)CCCCCCCC/C=C\C/C=C\C/C=C\C/C=C\CC)OC(=O)CCCCCCCCCCCCCCCCCC. The third kappa shape index (κ3) is 51.3. The summed E-state index contributed by atoms with van der Waals surface area (Å²) in [5, 5.41) is 0. The highest BCUT2D eigenvalue weighted by Crippen LogP contribution is 2.15. The lowest BCUT2D eigenvalue weighted by Crippen LogP contribution is -2.30. The summed E-state index contributed by atoms with van der Waals surface area (Å²) in [6.07, 6.45) is 71.1. The summed E-state index contributed by atoms with van der Waals surface area (Å²) in [6.45, 7) is 6.35. The lowest BCUT2D eigenvalue weighted by Gasteiger charge is -2.18. The maximum Gasteiger partial charge on any atom is 0.306 e. The van der Waals surface area contributed by atoms with Gasteiger partial charge in [0.2, 0.25) is 0 Å². The van der Waals surface area contributed by atoms with Crippen LogP contribution in [-0.2, 0) is 28.6 Å². The van der Waals surface area contributed by atoms with Crippen LogP contribution in [0, 0.1) is 0 Å². The van der Waals surface area contributed by atoms with Crippen LogP contribution in [0.1, 0.15) is 245 Å². The molecule has 0 aromatic carbocycles. The summed E-state index contributed by atoms with van der Waals surface area (Å²) in [6, 6.07) is 0. The molecule has 0 N–H and O–H groups in total. The van der Waals surface area contributed by atoms with Crippen molar-refractivity contribution in [2.24, 2.45) is 0 Å². The van der Waals surface area contributed by atoms with E-state index >= 15 is 0 Å². The first-order valence-corrected chi connectivity index (χ1v) is 27.3. The molecule has 1 atom stereocenters. The van der Waals surface area contributed by atoms with Gasteiger partial charge in [0, 0.05) is 19.3 Å². The molecule has 0 heterocycles. The van der Waals surface area contributed by atoms with Crippen molar-refractivity contribution in [2.45, 2.75) is 252 Å². The number of rotatable bonds is 48. The zero-order chi connectivity index (χ0) is 47.9. The molecule has 1 unspecified atom stereocenters. The van der Waals surface area contributed by atoms with Gasteiger partial charge in [-0.3, -0.25) is 14.4 Å². The van der Waals surface area contributed by atoms with Crippen molar-refractivity contribution in [3.8, 4) is 0 Å². The predicted octanol–water partition coefficient (Wildman–Crippen LogP) is 18.1. The van der Waals surface area contributed by atoms with E-state index in [9.17, 15) is 14.4 Å². The fourth-order valence-electron chi connectivity index (χ4n) is 7.39. The first-order chi connectivity index (χ1) is 32.5. The molecule has 0 saturated carbocycles. The predicted molar refractivity (Wildman–Crippen MR) is 284 cm³/mol. The van der Waals surface area contributed by atoms with Crippen molar-refractivity contribution in [3.05, 3.63) is 97.2 Å². The van der Waals surface area contributed by atoms with E-state index in [0.717, 1.165) is 109 Å². The van der Waals surface area contributed by atoms with Gasteiger partial charge in [-0.05, 0) is 77.0 Å². The van der Waals surface area contributed by atoms with Crippen molar-refractivity contribution < 1.29 is 28.6 Å². The molecule has 376 valence electrons. The number of unbranched alkanes of at least 4 members (excludes halogenated alkanes) is 24. The lowest BCUT2D eigenvalue weighted by molar-refractivity contribution is -0.167. The molecule has 0 spiro atoms. The van der Waals surface area contributed by atoms with E-state index < -0.39 is 6.10 Å².